The van der Waals surface area contributed by atoms with E-state index < -0.39 is 10.0 Å². The largest absolute Gasteiger partial charge is 0.384 e. The molecule has 0 spiro atoms. The van der Waals surface area contributed by atoms with Gasteiger partial charge in [-0.2, -0.15) is 0 Å². The van der Waals surface area contributed by atoms with Gasteiger partial charge in [-0.1, -0.05) is 18.2 Å². The molecule has 0 aliphatic rings. The number of thioether (sulfide) groups is 1. The molecule has 0 amide bonds. The van der Waals surface area contributed by atoms with Crippen molar-refractivity contribution in [3.05, 3.63) is 54.1 Å². The summed E-state index contributed by atoms with van der Waals surface area (Å²) >= 11 is 1.77. The summed E-state index contributed by atoms with van der Waals surface area (Å²) in [6.07, 6.45) is 0. The zero-order valence-corrected chi connectivity index (χ0v) is 13.4. The Morgan fingerprint density at radius 3 is 2.48 bits per heavy atom. The second kappa shape index (κ2) is 6.98. The van der Waals surface area contributed by atoms with Gasteiger partial charge in [0.15, 0.2) is 0 Å². The Kier molecular flexibility index (Phi) is 5.27. The van der Waals surface area contributed by atoms with E-state index in [0.29, 0.717) is 0 Å². The van der Waals surface area contributed by atoms with Crippen LogP contribution < -0.4 is 10.5 Å². The molecule has 0 aliphatic carbocycles. The van der Waals surface area contributed by atoms with Crippen LogP contribution in [0.25, 0.3) is 0 Å². The maximum Gasteiger partial charge on any atom is 0.238 e. The Morgan fingerprint density at radius 2 is 1.86 bits per heavy atom. The van der Waals surface area contributed by atoms with Crippen molar-refractivity contribution in [3.8, 4) is 0 Å². The van der Waals surface area contributed by atoms with E-state index in [1.807, 2.05) is 25.1 Å². The topological polar surface area (TPSA) is 72.2 Å². The molecular weight excluding hydrogens is 304 g/mol. The summed E-state index contributed by atoms with van der Waals surface area (Å²) in [4.78, 5) is 1.38. The number of anilines is 1. The molecule has 0 aromatic heterocycles. The molecule has 0 saturated carbocycles. The van der Waals surface area contributed by atoms with Crippen LogP contribution >= 0.6 is 11.8 Å². The standard InChI is InChI=1S/C15H18N2O2S2/c1-12-11-14(21(16,18)19)7-8-15(12)17-9-10-20-13-5-3-2-4-6-13/h2-8,11,17H,9-10H2,1H3,(H2,16,18,19). The molecule has 0 bridgehead atoms. The highest BCUT2D eigenvalue weighted by Gasteiger charge is 2.09. The van der Waals surface area contributed by atoms with E-state index in [0.717, 1.165) is 23.5 Å². The highest BCUT2D eigenvalue weighted by atomic mass is 32.2. The van der Waals surface area contributed by atoms with Crippen LogP contribution in [0.15, 0.2) is 58.3 Å². The summed E-state index contributed by atoms with van der Waals surface area (Å²) in [5.74, 6) is 0.931. The van der Waals surface area contributed by atoms with Crippen molar-refractivity contribution in [2.75, 3.05) is 17.6 Å². The van der Waals surface area contributed by atoms with Gasteiger partial charge >= 0.3 is 0 Å². The number of primary sulfonamides is 1. The highest BCUT2D eigenvalue weighted by molar-refractivity contribution is 7.99. The fraction of sp³-hybridized carbons (Fsp3) is 0.200. The first-order valence-electron chi connectivity index (χ1n) is 6.52. The molecule has 0 heterocycles. The lowest BCUT2D eigenvalue weighted by Crippen LogP contribution is -2.13. The first-order valence-corrected chi connectivity index (χ1v) is 9.05. The molecule has 0 aliphatic heterocycles. The maximum atomic E-state index is 11.3. The van der Waals surface area contributed by atoms with E-state index in [1.54, 1.807) is 23.9 Å². The lowest BCUT2D eigenvalue weighted by Gasteiger charge is -2.10. The quantitative estimate of drug-likeness (QED) is 0.633. The Hall–Kier alpha value is -1.50. The molecular formula is C15H18N2O2S2. The third kappa shape index (κ3) is 4.77. The molecule has 2 aromatic carbocycles. The molecule has 0 fully saturated rings. The van der Waals surface area contributed by atoms with Crippen molar-refractivity contribution < 1.29 is 8.42 Å². The third-order valence-corrected chi connectivity index (χ3v) is 4.88. The summed E-state index contributed by atoms with van der Waals surface area (Å²) < 4.78 is 22.5. The lowest BCUT2D eigenvalue weighted by atomic mass is 10.2. The molecule has 3 N–H and O–H groups in total. The highest BCUT2D eigenvalue weighted by Crippen LogP contribution is 2.20. The maximum absolute atomic E-state index is 11.3. The average Bonchev–Trinajstić information content (AvgIpc) is 2.45. The summed E-state index contributed by atoms with van der Waals surface area (Å²) in [6, 6.07) is 15.1. The van der Waals surface area contributed by atoms with Gasteiger partial charge in [-0.05, 0) is 42.8 Å². The molecule has 4 nitrogen and oxygen atoms in total. The number of nitrogens with two attached hydrogens (primary N) is 1. The number of rotatable bonds is 6. The van der Waals surface area contributed by atoms with Crippen molar-refractivity contribution in [1.29, 1.82) is 0 Å². The fourth-order valence-electron chi connectivity index (χ4n) is 1.88. The average molecular weight is 322 g/mol. The number of nitrogens with one attached hydrogen (secondary N) is 1. The van der Waals surface area contributed by atoms with Gasteiger partial charge in [-0.25, -0.2) is 13.6 Å². The lowest BCUT2D eigenvalue weighted by molar-refractivity contribution is 0.597. The Labute approximate surface area is 129 Å². The van der Waals surface area contributed by atoms with Gasteiger partial charge in [0.25, 0.3) is 0 Å². The van der Waals surface area contributed by atoms with E-state index in [-0.39, 0.29) is 4.90 Å². The molecule has 0 radical (unpaired) electrons. The van der Waals surface area contributed by atoms with Crippen LogP contribution in [0.1, 0.15) is 5.56 Å². The van der Waals surface area contributed by atoms with E-state index in [1.165, 1.54) is 11.0 Å². The minimum absolute atomic E-state index is 0.143. The van der Waals surface area contributed by atoms with Crippen LogP contribution in [0.4, 0.5) is 5.69 Å². The van der Waals surface area contributed by atoms with Gasteiger partial charge in [0.05, 0.1) is 4.90 Å². The van der Waals surface area contributed by atoms with E-state index in [4.69, 9.17) is 5.14 Å². The van der Waals surface area contributed by atoms with Crippen molar-refractivity contribution in [1.82, 2.24) is 0 Å². The molecule has 0 saturated heterocycles. The third-order valence-electron chi connectivity index (χ3n) is 2.96. The van der Waals surface area contributed by atoms with Crippen LogP contribution in [0.2, 0.25) is 0 Å². The molecule has 0 unspecified atom stereocenters. The number of hydrogen-bond acceptors (Lipinski definition) is 4. The number of aryl methyl sites for hydroxylation is 1. The van der Waals surface area contributed by atoms with Gasteiger partial charge in [0.2, 0.25) is 10.0 Å². The van der Waals surface area contributed by atoms with Crippen LogP contribution in [0.3, 0.4) is 0 Å². The van der Waals surface area contributed by atoms with Gasteiger partial charge in [0.1, 0.15) is 0 Å². The zero-order chi connectivity index (χ0) is 15.3. The molecule has 2 rings (SSSR count). The van der Waals surface area contributed by atoms with Crippen LogP contribution in [-0.4, -0.2) is 20.7 Å². The second-order valence-electron chi connectivity index (χ2n) is 4.61. The van der Waals surface area contributed by atoms with Gasteiger partial charge in [-0.15, -0.1) is 11.8 Å². The van der Waals surface area contributed by atoms with E-state index in [9.17, 15) is 8.42 Å². The Bertz CT molecular complexity index is 701. The summed E-state index contributed by atoms with van der Waals surface area (Å²) in [6.45, 7) is 2.66. The van der Waals surface area contributed by atoms with Crippen LogP contribution in [0, 0.1) is 6.92 Å². The zero-order valence-electron chi connectivity index (χ0n) is 11.7. The smallest absolute Gasteiger partial charge is 0.238 e. The normalized spacial score (nSPS) is 11.3. The predicted molar refractivity (Wildman–Crippen MR) is 88.2 cm³/mol. The van der Waals surface area contributed by atoms with Crippen molar-refractivity contribution in [2.24, 2.45) is 5.14 Å². The number of hydrogen-bond donors (Lipinski definition) is 2. The van der Waals surface area contributed by atoms with Gasteiger partial charge in [0, 0.05) is 22.9 Å². The summed E-state index contributed by atoms with van der Waals surface area (Å²) in [5.41, 5.74) is 1.79. The minimum Gasteiger partial charge on any atom is -0.384 e. The van der Waals surface area contributed by atoms with Crippen LogP contribution in [-0.2, 0) is 10.0 Å². The molecule has 2 aromatic rings. The summed E-state index contributed by atoms with van der Waals surface area (Å²) in [5, 5.41) is 8.42. The molecule has 21 heavy (non-hydrogen) atoms. The predicted octanol–water partition coefficient (Wildman–Crippen LogP) is 2.85. The van der Waals surface area contributed by atoms with Crippen molar-refractivity contribution in [2.45, 2.75) is 16.7 Å². The van der Waals surface area contributed by atoms with Gasteiger partial charge in [-0.3, -0.25) is 0 Å². The first-order chi connectivity index (χ1) is 9.97. The molecule has 0 atom stereocenters. The van der Waals surface area contributed by atoms with E-state index in [2.05, 4.69) is 17.4 Å². The minimum atomic E-state index is -3.64. The Morgan fingerprint density at radius 1 is 1.14 bits per heavy atom. The SMILES string of the molecule is Cc1cc(S(N)(=O)=O)ccc1NCCSc1ccccc1. The van der Waals surface area contributed by atoms with Crippen molar-refractivity contribution in [3.63, 3.8) is 0 Å². The Balaban J connectivity index is 1.89. The van der Waals surface area contributed by atoms with Crippen molar-refractivity contribution >= 4 is 27.5 Å². The molecule has 6 heteroatoms. The number of sulfonamides is 1. The molecule has 112 valence electrons. The fourth-order valence-corrected chi connectivity index (χ4v) is 3.27. The monoisotopic (exact) mass is 322 g/mol. The van der Waals surface area contributed by atoms with Gasteiger partial charge < -0.3 is 5.32 Å². The number of benzene rings is 2. The van der Waals surface area contributed by atoms with E-state index >= 15 is 0 Å². The second-order valence-corrected chi connectivity index (χ2v) is 7.34. The first kappa shape index (κ1) is 15.9. The summed E-state index contributed by atoms with van der Waals surface area (Å²) in [7, 11) is -3.64. The van der Waals surface area contributed by atoms with Crippen LogP contribution in [0.5, 0.6) is 0 Å².